The van der Waals surface area contributed by atoms with Gasteiger partial charge < -0.3 is 20.3 Å². The minimum Gasteiger partial charge on any atom is -0.444 e. The van der Waals surface area contributed by atoms with Crippen molar-refractivity contribution in [3.05, 3.63) is 65.2 Å². The number of anilines is 1. The van der Waals surface area contributed by atoms with Crippen LogP contribution in [0.5, 0.6) is 0 Å². The zero-order chi connectivity index (χ0) is 25.0. The van der Waals surface area contributed by atoms with Crippen LogP contribution in [0, 0.1) is 13.8 Å². The van der Waals surface area contributed by atoms with Gasteiger partial charge in [-0.25, -0.2) is 4.79 Å². The molecule has 0 aliphatic heterocycles. The Labute approximate surface area is 201 Å². The summed E-state index contributed by atoms with van der Waals surface area (Å²) in [4.78, 5) is 41.2. The maximum absolute atomic E-state index is 13.7. The van der Waals surface area contributed by atoms with Gasteiger partial charge in [0.05, 0.1) is 0 Å². The second-order valence-corrected chi connectivity index (χ2v) is 9.97. The fourth-order valence-corrected chi connectivity index (χ4v) is 3.83. The van der Waals surface area contributed by atoms with E-state index in [1.165, 1.54) is 0 Å². The molecule has 7 nitrogen and oxygen atoms in total. The second kappa shape index (κ2) is 10.3. The maximum Gasteiger partial charge on any atom is 0.408 e. The van der Waals surface area contributed by atoms with Crippen molar-refractivity contribution in [3.8, 4) is 0 Å². The van der Waals surface area contributed by atoms with Crippen LogP contribution in [-0.2, 0) is 14.3 Å². The Kier molecular flexibility index (Phi) is 7.64. The standard InChI is InChI=1S/C27H35N3O4/c1-17-10-9-12-20(16-17)23(24(31)29-22-13-8-7-11-18(22)2)30(21-14-15-21)25(32)19(3)28-26(33)34-27(4,5)6/h7-13,16,19,21,23H,14-15H2,1-6H3,(H,28,33)(H,29,31). The summed E-state index contributed by atoms with van der Waals surface area (Å²) in [7, 11) is 0. The van der Waals surface area contributed by atoms with Crippen LogP contribution in [0.2, 0.25) is 0 Å². The lowest BCUT2D eigenvalue weighted by molar-refractivity contribution is -0.141. The molecule has 34 heavy (non-hydrogen) atoms. The zero-order valence-corrected chi connectivity index (χ0v) is 20.8. The summed E-state index contributed by atoms with van der Waals surface area (Å²) in [6, 6.07) is 13.4. The first-order valence-electron chi connectivity index (χ1n) is 11.7. The molecule has 3 rings (SSSR count). The molecule has 2 aromatic carbocycles. The third kappa shape index (κ3) is 6.59. The van der Waals surface area contributed by atoms with E-state index in [0.717, 1.165) is 29.5 Å². The average Bonchev–Trinajstić information content (AvgIpc) is 3.56. The summed E-state index contributed by atoms with van der Waals surface area (Å²) in [6.45, 7) is 10.8. The van der Waals surface area contributed by atoms with Crippen molar-refractivity contribution in [2.45, 2.75) is 78.1 Å². The lowest BCUT2D eigenvalue weighted by Gasteiger charge is -2.34. The first kappa shape index (κ1) is 25.3. The van der Waals surface area contributed by atoms with Crippen LogP contribution in [0.1, 0.15) is 63.3 Å². The SMILES string of the molecule is Cc1cccc(C(C(=O)Nc2ccccc2C)N(C(=O)C(C)NC(=O)OC(C)(C)C)C2CC2)c1. The number of rotatable bonds is 7. The smallest absolute Gasteiger partial charge is 0.408 e. The van der Waals surface area contributed by atoms with Crippen molar-refractivity contribution in [2.75, 3.05) is 5.32 Å². The first-order chi connectivity index (χ1) is 16.0. The van der Waals surface area contributed by atoms with Gasteiger partial charge in [0.15, 0.2) is 0 Å². The zero-order valence-electron chi connectivity index (χ0n) is 20.8. The molecule has 0 radical (unpaired) electrons. The highest BCUT2D eigenvalue weighted by Gasteiger charge is 2.43. The molecule has 1 aliphatic rings. The molecule has 0 aromatic heterocycles. The van der Waals surface area contributed by atoms with E-state index in [4.69, 9.17) is 4.74 Å². The highest BCUT2D eigenvalue weighted by Crippen LogP contribution is 2.36. The van der Waals surface area contributed by atoms with Crippen LogP contribution in [0.15, 0.2) is 48.5 Å². The number of carbonyl (C=O) groups excluding carboxylic acids is 3. The summed E-state index contributed by atoms with van der Waals surface area (Å²) in [6.07, 6.45) is 0.955. The molecular weight excluding hydrogens is 430 g/mol. The molecule has 7 heteroatoms. The highest BCUT2D eigenvalue weighted by molar-refractivity contribution is 5.99. The summed E-state index contributed by atoms with van der Waals surface area (Å²) in [5, 5.41) is 5.64. The van der Waals surface area contributed by atoms with E-state index in [1.54, 1.807) is 32.6 Å². The number of carbonyl (C=O) groups is 3. The van der Waals surface area contributed by atoms with E-state index in [0.29, 0.717) is 5.69 Å². The van der Waals surface area contributed by atoms with Crippen LogP contribution in [-0.4, -0.2) is 40.5 Å². The highest BCUT2D eigenvalue weighted by atomic mass is 16.6. The third-order valence-electron chi connectivity index (χ3n) is 5.59. The molecule has 3 amide bonds. The van der Waals surface area contributed by atoms with Crippen LogP contribution in [0.25, 0.3) is 0 Å². The fraction of sp³-hybridized carbons (Fsp3) is 0.444. The van der Waals surface area contributed by atoms with Crippen molar-refractivity contribution >= 4 is 23.6 Å². The lowest BCUT2D eigenvalue weighted by Crippen LogP contribution is -2.52. The largest absolute Gasteiger partial charge is 0.444 e. The number of alkyl carbamates (subject to hydrolysis) is 1. The van der Waals surface area contributed by atoms with Crippen LogP contribution < -0.4 is 10.6 Å². The number of hydrogen-bond acceptors (Lipinski definition) is 4. The van der Waals surface area contributed by atoms with Crippen molar-refractivity contribution in [3.63, 3.8) is 0 Å². The molecule has 1 fully saturated rings. The van der Waals surface area contributed by atoms with E-state index in [1.807, 2.05) is 62.4 Å². The molecule has 0 bridgehead atoms. The quantitative estimate of drug-likeness (QED) is 0.610. The topological polar surface area (TPSA) is 87.7 Å². The molecule has 1 saturated carbocycles. The van der Waals surface area contributed by atoms with E-state index in [2.05, 4.69) is 10.6 Å². The van der Waals surface area contributed by atoms with Crippen molar-refractivity contribution in [1.29, 1.82) is 0 Å². The van der Waals surface area contributed by atoms with E-state index >= 15 is 0 Å². The molecule has 0 spiro atoms. The maximum atomic E-state index is 13.7. The molecule has 0 saturated heterocycles. The Balaban J connectivity index is 1.92. The number of nitrogens with zero attached hydrogens (tertiary/aromatic N) is 1. The number of hydrogen-bond donors (Lipinski definition) is 2. The molecule has 0 heterocycles. The van der Waals surface area contributed by atoms with Crippen LogP contribution in [0.3, 0.4) is 0 Å². The van der Waals surface area contributed by atoms with Gasteiger partial charge in [0.1, 0.15) is 17.7 Å². The monoisotopic (exact) mass is 465 g/mol. The van der Waals surface area contributed by atoms with Gasteiger partial charge in [-0.1, -0.05) is 48.0 Å². The van der Waals surface area contributed by atoms with Crippen molar-refractivity contribution in [1.82, 2.24) is 10.2 Å². The number of para-hydroxylation sites is 1. The van der Waals surface area contributed by atoms with E-state index < -0.39 is 23.8 Å². The Morgan fingerprint density at radius 1 is 1.03 bits per heavy atom. The molecule has 2 atom stereocenters. The van der Waals surface area contributed by atoms with Gasteiger partial charge in [0.25, 0.3) is 5.91 Å². The molecule has 182 valence electrons. The van der Waals surface area contributed by atoms with Crippen molar-refractivity contribution < 1.29 is 19.1 Å². The van der Waals surface area contributed by atoms with Crippen LogP contribution in [0.4, 0.5) is 10.5 Å². The van der Waals surface area contributed by atoms with Gasteiger partial charge in [-0.05, 0) is 71.6 Å². The Morgan fingerprint density at radius 3 is 2.29 bits per heavy atom. The summed E-state index contributed by atoms with van der Waals surface area (Å²) in [5.74, 6) is -0.607. The predicted molar refractivity (Wildman–Crippen MR) is 132 cm³/mol. The van der Waals surface area contributed by atoms with Gasteiger partial charge in [0, 0.05) is 11.7 Å². The van der Waals surface area contributed by atoms with Gasteiger partial charge in [0.2, 0.25) is 5.91 Å². The molecule has 2 unspecified atom stereocenters. The third-order valence-corrected chi connectivity index (χ3v) is 5.59. The number of aryl methyl sites for hydroxylation is 2. The van der Waals surface area contributed by atoms with Gasteiger partial charge >= 0.3 is 6.09 Å². The average molecular weight is 466 g/mol. The first-order valence-corrected chi connectivity index (χ1v) is 11.7. The normalized spacial score (nSPS) is 15.1. The number of amides is 3. The number of ether oxygens (including phenoxy) is 1. The molecule has 2 N–H and O–H groups in total. The lowest BCUT2D eigenvalue weighted by atomic mass is 10.0. The Hall–Kier alpha value is -3.35. The molecule has 2 aromatic rings. The van der Waals surface area contributed by atoms with Crippen molar-refractivity contribution in [2.24, 2.45) is 0 Å². The number of nitrogens with one attached hydrogen (secondary N) is 2. The summed E-state index contributed by atoms with van der Waals surface area (Å²) < 4.78 is 5.31. The number of benzene rings is 2. The van der Waals surface area contributed by atoms with Gasteiger partial charge in [-0.3, -0.25) is 9.59 Å². The van der Waals surface area contributed by atoms with Gasteiger partial charge in [-0.2, -0.15) is 0 Å². The second-order valence-electron chi connectivity index (χ2n) is 9.97. The fourth-order valence-electron chi connectivity index (χ4n) is 3.83. The van der Waals surface area contributed by atoms with Gasteiger partial charge in [-0.15, -0.1) is 0 Å². The predicted octanol–water partition coefficient (Wildman–Crippen LogP) is 4.89. The minimum absolute atomic E-state index is 0.0662. The molecular formula is C27H35N3O4. The Morgan fingerprint density at radius 2 is 1.71 bits per heavy atom. The van der Waals surface area contributed by atoms with E-state index in [-0.39, 0.29) is 17.9 Å². The Bertz CT molecular complexity index is 1060. The van der Waals surface area contributed by atoms with E-state index in [9.17, 15) is 14.4 Å². The minimum atomic E-state index is -0.853. The summed E-state index contributed by atoms with van der Waals surface area (Å²) >= 11 is 0. The summed E-state index contributed by atoms with van der Waals surface area (Å²) in [5.41, 5.74) is 2.68. The molecule has 1 aliphatic carbocycles. The van der Waals surface area contributed by atoms with Crippen LogP contribution >= 0.6 is 0 Å².